The van der Waals surface area contributed by atoms with Gasteiger partial charge < -0.3 is 24.4 Å². The van der Waals surface area contributed by atoms with Crippen molar-refractivity contribution in [3.8, 4) is 17.2 Å². The zero-order valence-corrected chi connectivity index (χ0v) is 32.4. The normalized spacial score (nSPS) is 21.0. The standard InChI is InChI=1S/C45H46F4N4O6/c46-44(47)59-38-25-32(23-31-26-53(43(57)41(31)38)37-15-16-39(55)50-42(37)56)52-21-19-51(20-22-52)18-4-17-45(48,49)27-58-34-11-7-29(8-12-34)40-35(28-5-2-1-3-6-28)13-9-30-24-33(54)10-14-36(30)40/h1-3,5-8,10-12,14,23-25,35,37,40,44,54H,4,9,13,15-22,26-27H2,(H,50,55,56)/t35-,37?,40+/m1/s1. The van der Waals surface area contributed by atoms with E-state index in [1.165, 1.54) is 16.5 Å². The molecule has 3 heterocycles. The second-order valence-electron chi connectivity index (χ2n) is 15.8. The molecule has 0 bridgehead atoms. The van der Waals surface area contributed by atoms with Gasteiger partial charge in [-0.05, 0) is 96.3 Å². The minimum absolute atomic E-state index is 0.00844. The maximum absolute atomic E-state index is 15.1. The highest BCUT2D eigenvalue weighted by molar-refractivity contribution is 6.06. The number of carbonyl (C=O) groups is 3. The summed E-state index contributed by atoms with van der Waals surface area (Å²) in [5, 5.41) is 12.4. The van der Waals surface area contributed by atoms with Crippen molar-refractivity contribution in [2.45, 2.75) is 75.5 Å². The van der Waals surface area contributed by atoms with Gasteiger partial charge in [0.25, 0.3) is 11.8 Å². The van der Waals surface area contributed by atoms with E-state index in [4.69, 9.17) is 9.47 Å². The van der Waals surface area contributed by atoms with Gasteiger partial charge in [-0.3, -0.25) is 24.6 Å². The molecule has 0 spiro atoms. The molecule has 4 aromatic carbocycles. The molecule has 2 fully saturated rings. The summed E-state index contributed by atoms with van der Waals surface area (Å²) in [6.07, 6.45) is 1.86. The number of phenols is 1. The van der Waals surface area contributed by atoms with Gasteiger partial charge in [-0.2, -0.15) is 8.78 Å². The molecule has 2 N–H and O–H groups in total. The van der Waals surface area contributed by atoms with Gasteiger partial charge in [0.1, 0.15) is 23.3 Å². The summed E-state index contributed by atoms with van der Waals surface area (Å²) in [6, 6.07) is 25.5. The van der Waals surface area contributed by atoms with E-state index in [0.29, 0.717) is 49.7 Å². The number of anilines is 1. The highest BCUT2D eigenvalue weighted by Gasteiger charge is 2.42. The number of hydrogen-bond acceptors (Lipinski definition) is 8. The molecule has 8 rings (SSSR count). The van der Waals surface area contributed by atoms with Crippen LogP contribution in [0.4, 0.5) is 23.2 Å². The Labute approximate surface area is 339 Å². The van der Waals surface area contributed by atoms with E-state index >= 15 is 8.78 Å². The highest BCUT2D eigenvalue weighted by Crippen LogP contribution is 2.47. The summed E-state index contributed by atoms with van der Waals surface area (Å²) in [4.78, 5) is 42.9. The highest BCUT2D eigenvalue weighted by atomic mass is 19.3. The number of halogens is 4. The molecule has 59 heavy (non-hydrogen) atoms. The van der Waals surface area contributed by atoms with Crippen molar-refractivity contribution >= 4 is 23.4 Å². The number of amides is 3. The SMILES string of the molecule is O=C1CCC(N2Cc3cc(N4CCN(CCCC(F)(F)COc5ccc([C@@H]6c7ccc(O)cc7CC[C@@H]6c6ccccc6)cc5)CC4)cc(OC(F)F)c3C2=O)C(=O)N1. The summed E-state index contributed by atoms with van der Waals surface area (Å²) in [6.45, 7) is -1.38. The van der Waals surface area contributed by atoms with Gasteiger partial charge in [-0.25, -0.2) is 8.78 Å². The lowest BCUT2D eigenvalue weighted by molar-refractivity contribution is -0.136. The van der Waals surface area contributed by atoms with Crippen LogP contribution in [0, 0.1) is 0 Å². The smallest absolute Gasteiger partial charge is 0.387 e. The molecular weight excluding hydrogens is 769 g/mol. The number of rotatable bonds is 13. The summed E-state index contributed by atoms with van der Waals surface area (Å²) >= 11 is 0. The van der Waals surface area contributed by atoms with E-state index in [0.717, 1.165) is 29.5 Å². The second-order valence-corrected chi connectivity index (χ2v) is 15.8. The predicted molar refractivity (Wildman–Crippen MR) is 211 cm³/mol. The monoisotopic (exact) mass is 814 g/mol. The van der Waals surface area contributed by atoms with Crippen LogP contribution in [0.15, 0.2) is 84.9 Å². The summed E-state index contributed by atoms with van der Waals surface area (Å²) in [5.41, 5.74) is 5.55. The maximum atomic E-state index is 15.1. The van der Waals surface area contributed by atoms with Gasteiger partial charge in [0.15, 0.2) is 6.61 Å². The zero-order valence-electron chi connectivity index (χ0n) is 32.4. The number of hydrogen-bond donors (Lipinski definition) is 2. The summed E-state index contributed by atoms with van der Waals surface area (Å²) in [7, 11) is 0. The minimum Gasteiger partial charge on any atom is -0.508 e. The average molecular weight is 815 g/mol. The van der Waals surface area contributed by atoms with Crippen molar-refractivity contribution in [2.75, 3.05) is 44.2 Å². The molecule has 310 valence electrons. The third kappa shape index (κ3) is 8.87. The van der Waals surface area contributed by atoms with E-state index in [-0.39, 0.29) is 61.1 Å². The Morgan fingerprint density at radius 1 is 0.847 bits per heavy atom. The number of nitrogens with one attached hydrogen (secondary N) is 1. The van der Waals surface area contributed by atoms with Gasteiger partial charge in [0, 0.05) is 63.2 Å². The number of aromatic hydroxyl groups is 1. The summed E-state index contributed by atoms with van der Waals surface area (Å²) < 4.78 is 67.6. The van der Waals surface area contributed by atoms with Crippen LogP contribution in [0.3, 0.4) is 0 Å². The van der Waals surface area contributed by atoms with E-state index < -0.39 is 42.9 Å². The number of piperazine rings is 1. The fourth-order valence-corrected chi connectivity index (χ4v) is 9.13. The Morgan fingerprint density at radius 3 is 2.34 bits per heavy atom. The van der Waals surface area contributed by atoms with Crippen LogP contribution in [0.5, 0.6) is 17.2 Å². The van der Waals surface area contributed by atoms with Crippen LogP contribution in [-0.2, 0) is 22.6 Å². The lowest BCUT2D eigenvalue weighted by Crippen LogP contribution is -2.52. The van der Waals surface area contributed by atoms with Crippen LogP contribution in [0.2, 0.25) is 0 Å². The first kappa shape index (κ1) is 40.2. The topological polar surface area (TPSA) is 112 Å². The first-order valence-electron chi connectivity index (χ1n) is 20.1. The Kier molecular flexibility index (Phi) is 11.5. The lowest BCUT2D eigenvalue weighted by Gasteiger charge is -2.36. The third-order valence-corrected chi connectivity index (χ3v) is 12.0. The number of ether oxygens (including phenoxy) is 2. The number of fused-ring (bicyclic) bond motifs is 2. The fraction of sp³-hybridized carbons (Fsp3) is 0.400. The van der Waals surface area contributed by atoms with Gasteiger partial charge >= 0.3 is 6.61 Å². The van der Waals surface area contributed by atoms with Gasteiger partial charge in [0.2, 0.25) is 11.8 Å². The Hall–Kier alpha value is -5.63. The number of imide groups is 1. The fourth-order valence-electron chi connectivity index (χ4n) is 9.13. The van der Waals surface area contributed by atoms with Crippen molar-refractivity contribution in [3.05, 3.63) is 118 Å². The Balaban J connectivity index is 0.835. The van der Waals surface area contributed by atoms with Crippen LogP contribution in [-0.4, -0.2) is 90.5 Å². The van der Waals surface area contributed by atoms with E-state index in [1.807, 2.05) is 47.4 Å². The molecule has 2 saturated heterocycles. The van der Waals surface area contributed by atoms with Crippen LogP contribution in [0.1, 0.15) is 82.1 Å². The maximum Gasteiger partial charge on any atom is 0.387 e. The Bertz CT molecular complexity index is 2180. The number of carbonyl (C=O) groups excluding carboxylic acids is 3. The van der Waals surface area contributed by atoms with Crippen LogP contribution < -0.4 is 19.7 Å². The van der Waals surface area contributed by atoms with E-state index in [1.54, 1.807) is 24.3 Å². The molecule has 10 nitrogen and oxygen atoms in total. The summed E-state index contributed by atoms with van der Waals surface area (Å²) in [5.74, 6) is -4.10. The largest absolute Gasteiger partial charge is 0.508 e. The van der Waals surface area contributed by atoms with Crippen LogP contribution >= 0.6 is 0 Å². The second kappa shape index (κ2) is 16.9. The molecule has 0 aromatic heterocycles. The number of aryl methyl sites for hydroxylation is 1. The van der Waals surface area contributed by atoms with Crippen molar-refractivity contribution in [1.82, 2.24) is 15.1 Å². The molecule has 1 aliphatic carbocycles. The molecule has 3 amide bonds. The molecule has 0 radical (unpaired) electrons. The molecule has 3 aliphatic heterocycles. The van der Waals surface area contributed by atoms with Crippen molar-refractivity contribution in [3.63, 3.8) is 0 Å². The van der Waals surface area contributed by atoms with Gasteiger partial charge in [-0.1, -0.05) is 48.5 Å². The van der Waals surface area contributed by atoms with Gasteiger partial charge in [-0.15, -0.1) is 0 Å². The van der Waals surface area contributed by atoms with Crippen molar-refractivity contribution < 1.29 is 46.5 Å². The number of nitrogens with zero attached hydrogens (tertiary/aromatic N) is 3. The quantitative estimate of drug-likeness (QED) is 0.108. The van der Waals surface area contributed by atoms with Crippen molar-refractivity contribution in [2.24, 2.45) is 0 Å². The Morgan fingerprint density at radius 2 is 1.61 bits per heavy atom. The molecule has 0 saturated carbocycles. The predicted octanol–water partition coefficient (Wildman–Crippen LogP) is 7.23. The minimum atomic E-state index is -3.18. The molecule has 3 atom stereocenters. The zero-order chi connectivity index (χ0) is 41.3. The molecule has 4 aromatic rings. The number of benzene rings is 4. The first-order valence-corrected chi connectivity index (χ1v) is 20.1. The molecule has 1 unspecified atom stereocenters. The first-order chi connectivity index (χ1) is 28.4. The molecular formula is C45H46F4N4O6. The molecule has 4 aliphatic rings. The van der Waals surface area contributed by atoms with Gasteiger partial charge in [0.05, 0.1) is 5.56 Å². The number of piperidine rings is 1. The number of alkyl halides is 4. The van der Waals surface area contributed by atoms with Crippen molar-refractivity contribution in [1.29, 1.82) is 0 Å². The van der Waals surface area contributed by atoms with E-state index in [9.17, 15) is 28.3 Å². The van der Waals surface area contributed by atoms with Crippen LogP contribution in [0.25, 0.3) is 0 Å². The third-order valence-electron chi connectivity index (χ3n) is 12.0. The average Bonchev–Trinajstić information content (AvgIpc) is 3.55. The molecule has 14 heteroatoms. The van der Waals surface area contributed by atoms with E-state index in [2.05, 4.69) is 22.3 Å². The lowest BCUT2D eigenvalue weighted by atomic mass is 9.69. The number of phenolic OH excluding ortho intramolecular Hbond substituents is 1.